The third-order valence-electron chi connectivity index (χ3n) is 8.73. The quantitative estimate of drug-likeness (QED) is 0.140. The number of nitrogens with one attached hydrogen (secondary N) is 1. The van der Waals surface area contributed by atoms with E-state index in [-0.39, 0.29) is 35.5 Å². The van der Waals surface area contributed by atoms with Crippen molar-refractivity contribution < 1.29 is 22.7 Å². The number of sulfonamides is 1. The highest BCUT2D eigenvalue weighted by atomic mass is 35.5. The van der Waals surface area contributed by atoms with Crippen LogP contribution in [0.5, 0.6) is 5.75 Å². The lowest BCUT2D eigenvalue weighted by Gasteiger charge is -2.35. The number of carbonyl (C=O) groups excluding carboxylic acids is 2. The molecule has 1 aliphatic rings. The molecule has 1 atom stereocenters. The van der Waals surface area contributed by atoms with Gasteiger partial charge in [0.2, 0.25) is 11.8 Å². The van der Waals surface area contributed by atoms with Gasteiger partial charge in [-0.1, -0.05) is 90.5 Å². The van der Waals surface area contributed by atoms with Gasteiger partial charge in [-0.2, -0.15) is 0 Å². The summed E-state index contributed by atoms with van der Waals surface area (Å²) in [6.45, 7) is 1.52. The summed E-state index contributed by atoms with van der Waals surface area (Å²) in [6.07, 6.45) is 4.99. The molecule has 1 saturated carbocycles. The summed E-state index contributed by atoms with van der Waals surface area (Å²) in [5.74, 6) is -0.402. The van der Waals surface area contributed by atoms with E-state index in [1.54, 1.807) is 42.5 Å². The summed E-state index contributed by atoms with van der Waals surface area (Å²) in [7, 11) is -4.31. The molecule has 8 nitrogen and oxygen atoms in total. The van der Waals surface area contributed by atoms with Gasteiger partial charge in [0.15, 0.2) is 0 Å². The Bertz CT molecular complexity index is 1830. The Kier molecular flexibility index (Phi) is 13.1. The Labute approximate surface area is 309 Å². The molecule has 0 spiro atoms. The van der Waals surface area contributed by atoms with Crippen LogP contribution >= 0.6 is 34.8 Å². The van der Waals surface area contributed by atoms with Gasteiger partial charge in [0, 0.05) is 39.6 Å². The number of halogens is 3. The predicted octanol–water partition coefficient (Wildman–Crippen LogP) is 8.33. The number of anilines is 1. The van der Waals surface area contributed by atoms with Crippen LogP contribution in [-0.4, -0.2) is 50.4 Å². The second-order valence-corrected chi connectivity index (χ2v) is 15.3. The van der Waals surface area contributed by atoms with E-state index >= 15 is 0 Å². The Morgan fingerprint density at radius 1 is 0.840 bits per heavy atom. The van der Waals surface area contributed by atoms with Gasteiger partial charge in [0.05, 0.1) is 17.2 Å². The lowest BCUT2D eigenvalue weighted by molar-refractivity contribution is -0.140. The van der Waals surface area contributed by atoms with Crippen molar-refractivity contribution in [3.63, 3.8) is 0 Å². The molecule has 0 heterocycles. The van der Waals surface area contributed by atoms with E-state index in [0.29, 0.717) is 33.0 Å². The molecule has 2 amide bonds. The number of nitrogens with zero attached hydrogens (tertiary/aromatic N) is 2. The minimum Gasteiger partial charge on any atom is -0.494 e. The molecule has 1 N–H and O–H groups in total. The van der Waals surface area contributed by atoms with Gasteiger partial charge in [0.1, 0.15) is 18.3 Å². The first-order valence-electron chi connectivity index (χ1n) is 16.6. The molecule has 1 aliphatic carbocycles. The van der Waals surface area contributed by atoms with Crippen LogP contribution in [0.15, 0.2) is 102 Å². The van der Waals surface area contributed by atoms with E-state index in [2.05, 4.69) is 5.32 Å². The summed E-state index contributed by atoms with van der Waals surface area (Å²) < 4.78 is 35.2. The molecule has 12 heteroatoms. The maximum atomic E-state index is 14.8. The second-order valence-electron chi connectivity index (χ2n) is 12.2. The number of ether oxygens (including phenoxy) is 1. The molecular weight excluding hydrogens is 717 g/mol. The fourth-order valence-electron chi connectivity index (χ4n) is 6.09. The fourth-order valence-corrected chi connectivity index (χ4v) is 8.15. The Morgan fingerprint density at radius 2 is 1.48 bits per heavy atom. The molecule has 0 aromatic heterocycles. The van der Waals surface area contributed by atoms with E-state index in [9.17, 15) is 18.0 Å². The smallest absolute Gasteiger partial charge is 0.264 e. The highest BCUT2D eigenvalue weighted by Crippen LogP contribution is 2.30. The van der Waals surface area contributed by atoms with Crippen molar-refractivity contribution >= 4 is 62.3 Å². The molecule has 1 unspecified atom stereocenters. The third-order valence-corrected chi connectivity index (χ3v) is 11.5. The lowest BCUT2D eigenvalue weighted by Crippen LogP contribution is -2.55. The summed E-state index contributed by atoms with van der Waals surface area (Å²) in [5.41, 5.74) is 1.51. The molecule has 50 heavy (non-hydrogen) atoms. The number of carbonyl (C=O) groups is 2. The van der Waals surface area contributed by atoms with E-state index in [1.807, 2.05) is 37.3 Å². The Morgan fingerprint density at radius 3 is 2.10 bits per heavy atom. The number of amides is 2. The maximum Gasteiger partial charge on any atom is 0.264 e. The van der Waals surface area contributed by atoms with Crippen molar-refractivity contribution in [3.8, 4) is 5.75 Å². The van der Waals surface area contributed by atoms with Crippen LogP contribution < -0.4 is 14.4 Å². The highest BCUT2D eigenvalue weighted by molar-refractivity contribution is 7.92. The monoisotopic (exact) mass is 755 g/mol. The zero-order valence-electron chi connectivity index (χ0n) is 27.7. The first-order valence-corrected chi connectivity index (χ1v) is 19.2. The molecule has 264 valence electrons. The van der Waals surface area contributed by atoms with Crippen molar-refractivity contribution in [1.29, 1.82) is 0 Å². The zero-order valence-corrected chi connectivity index (χ0v) is 30.8. The lowest BCUT2D eigenvalue weighted by atomic mass is 9.94. The Hall–Kier alpha value is -3.76. The van der Waals surface area contributed by atoms with Crippen LogP contribution in [-0.2, 0) is 32.6 Å². The summed E-state index contributed by atoms with van der Waals surface area (Å²) >= 11 is 19.4. The largest absolute Gasteiger partial charge is 0.494 e. The van der Waals surface area contributed by atoms with Gasteiger partial charge in [0.25, 0.3) is 10.0 Å². The average Bonchev–Trinajstić information content (AvgIpc) is 3.11. The van der Waals surface area contributed by atoms with E-state index in [1.165, 1.54) is 29.2 Å². The van der Waals surface area contributed by atoms with Crippen LogP contribution in [0.2, 0.25) is 15.1 Å². The van der Waals surface area contributed by atoms with Crippen molar-refractivity contribution in [2.24, 2.45) is 0 Å². The van der Waals surface area contributed by atoms with Gasteiger partial charge >= 0.3 is 0 Å². The SMILES string of the molecule is CCOc1ccc(N(CC(=O)N(Cc2c(Cl)cccc2Cl)C(Cc2ccccc2)C(=O)NC2CCCCC2)S(=O)(=O)c2ccc(Cl)cc2)cc1. The molecule has 4 aromatic rings. The molecule has 0 bridgehead atoms. The minimum absolute atomic E-state index is 0.0268. The second kappa shape index (κ2) is 17.4. The maximum absolute atomic E-state index is 14.8. The van der Waals surface area contributed by atoms with Gasteiger partial charge in [-0.15, -0.1) is 0 Å². The fraction of sp³-hybridized carbons (Fsp3) is 0.316. The van der Waals surface area contributed by atoms with Crippen molar-refractivity contribution in [1.82, 2.24) is 10.2 Å². The van der Waals surface area contributed by atoms with Crippen LogP contribution in [0.3, 0.4) is 0 Å². The molecular formula is C38H40Cl3N3O5S. The van der Waals surface area contributed by atoms with Crippen molar-refractivity contribution in [2.45, 2.75) is 69.0 Å². The van der Waals surface area contributed by atoms with E-state index in [4.69, 9.17) is 39.5 Å². The number of benzene rings is 4. The third kappa shape index (κ3) is 9.51. The standard InChI is InChI=1S/C38H40Cl3N3O5S/c1-2-49-31-20-18-30(19-21-31)44(50(47,48)32-22-16-28(39)17-23-32)26-37(45)43(25-33-34(40)14-9-15-35(33)41)36(24-27-10-5-3-6-11-27)38(46)42-29-12-7-4-8-13-29/h3,5-6,9-11,14-23,29,36H,2,4,7-8,12-13,24-26H2,1H3,(H,42,46). The van der Waals surface area contributed by atoms with E-state index < -0.39 is 28.5 Å². The van der Waals surface area contributed by atoms with Gasteiger partial charge < -0.3 is 15.0 Å². The average molecular weight is 757 g/mol. The van der Waals surface area contributed by atoms with Crippen LogP contribution in [0.1, 0.15) is 50.2 Å². The van der Waals surface area contributed by atoms with E-state index in [0.717, 1.165) is 42.0 Å². The van der Waals surface area contributed by atoms with Crippen LogP contribution in [0.4, 0.5) is 5.69 Å². The number of hydrogen-bond donors (Lipinski definition) is 1. The van der Waals surface area contributed by atoms with Crippen LogP contribution in [0, 0.1) is 0 Å². The van der Waals surface area contributed by atoms with Crippen molar-refractivity contribution in [2.75, 3.05) is 17.5 Å². The normalized spacial score (nSPS) is 14.1. The summed E-state index contributed by atoms with van der Waals surface area (Å²) in [6, 6.07) is 25.6. The molecule has 0 radical (unpaired) electrons. The molecule has 0 saturated heterocycles. The number of rotatable bonds is 14. The topological polar surface area (TPSA) is 96.0 Å². The van der Waals surface area contributed by atoms with Gasteiger partial charge in [-0.3, -0.25) is 13.9 Å². The van der Waals surface area contributed by atoms with Crippen LogP contribution in [0.25, 0.3) is 0 Å². The Balaban J connectivity index is 1.59. The predicted molar refractivity (Wildman–Crippen MR) is 200 cm³/mol. The summed E-state index contributed by atoms with van der Waals surface area (Å²) in [4.78, 5) is 30.4. The minimum atomic E-state index is -4.31. The zero-order chi connectivity index (χ0) is 35.7. The first kappa shape index (κ1) is 37.5. The van der Waals surface area contributed by atoms with Gasteiger partial charge in [-0.25, -0.2) is 8.42 Å². The van der Waals surface area contributed by atoms with Gasteiger partial charge in [-0.05, 0) is 86.0 Å². The first-order chi connectivity index (χ1) is 24.1. The molecule has 0 aliphatic heterocycles. The molecule has 1 fully saturated rings. The molecule has 4 aromatic carbocycles. The molecule has 5 rings (SSSR count). The summed E-state index contributed by atoms with van der Waals surface area (Å²) in [5, 5.41) is 4.20. The van der Waals surface area contributed by atoms with Crippen molar-refractivity contribution in [3.05, 3.63) is 123 Å². The highest BCUT2D eigenvalue weighted by Gasteiger charge is 2.36. The number of hydrogen-bond acceptors (Lipinski definition) is 5.